The molecule has 2 aromatic rings. The van der Waals surface area contributed by atoms with Gasteiger partial charge in [-0.15, -0.1) is 0 Å². The van der Waals surface area contributed by atoms with Gasteiger partial charge in [0.25, 0.3) is 0 Å². The summed E-state index contributed by atoms with van der Waals surface area (Å²) in [5.74, 6) is -9.73. The van der Waals surface area contributed by atoms with E-state index in [9.17, 15) is 29.4 Å². The average Bonchev–Trinajstić information content (AvgIpc) is 2.61. The summed E-state index contributed by atoms with van der Waals surface area (Å²) in [5.41, 5.74) is 1.51. The van der Waals surface area contributed by atoms with Crippen LogP contribution >= 0.6 is 0 Å². The lowest BCUT2D eigenvalue weighted by Gasteiger charge is -2.33. The molecule has 2 rings (SSSR count). The van der Waals surface area contributed by atoms with Crippen LogP contribution in [-0.4, -0.2) is 29.7 Å². The number of esters is 2. The van der Waals surface area contributed by atoms with E-state index < -0.39 is 36.1 Å². The van der Waals surface area contributed by atoms with Crippen LogP contribution in [-0.2, 0) is 19.1 Å². The van der Waals surface area contributed by atoms with Crippen molar-refractivity contribution in [3.05, 3.63) is 70.8 Å². The van der Waals surface area contributed by atoms with Crippen molar-refractivity contribution < 1.29 is 38.9 Å². The smallest absolute Gasteiger partial charge is 0.341 e. The van der Waals surface area contributed by atoms with Gasteiger partial charge >= 0.3 is 17.7 Å². The van der Waals surface area contributed by atoms with Gasteiger partial charge in [-0.1, -0.05) is 35.4 Å². The van der Waals surface area contributed by atoms with Crippen molar-refractivity contribution >= 4 is 23.9 Å². The third kappa shape index (κ3) is 4.94. The van der Waals surface area contributed by atoms with Gasteiger partial charge in [-0.3, -0.25) is 0 Å². The summed E-state index contributed by atoms with van der Waals surface area (Å²) in [4.78, 5) is 47.3. The topological polar surface area (TPSA) is 133 Å². The minimum Gasteiger partial charge on any atom is -0.550 e. The maximum Gasteiger partial charge on any atom is 0.341 e. The van der Waals surface area contributed by atoms with Gasteiger partial charge in [-0.25, -0.2) is 9.59 Å². The van der Waals surface area contributed by atoms with Gasteiger partial charge < -0.3 is 29.3 Å². The number of rotatable bonds is 7. The summed E-state index contributed by atoms with van der Waals surface area (Å²) >= 11 is 0. The molecule has 0 unspecified atom stereocenters. The van der Waals surface area contributed by atoms with E-state index in [0.29, 0.717) is 0 Å². The Morgan fingerprint density at radius 2 is 1.11 bits per heavy atom. The van der Waals surface area contributed by atoms with Crippen LogP contribution in [0.1, 0.15) is 38.3 Å². The highest BCUT2D eigenvalue weighted by atomic mass is 16.7. The largest absolute Gasteiger partial charge is 0.550 e. The molecule has 2 aromatic carbocycles. The second-order valence-corrected chi connectivity index (χ2v) is 6.10. The molecule has 0 N–H and O–H groups in total. The van der Waals surface area contributed by atoms with Crippen molar-refractivity contribution in [2.24, 2.45) is 0 Å². The first-order valence-corrected chi connectivity index (χ1v) is 8.14. The first-order chi connectivity index (χ1) is 13.1. The van der Waals surface area contributed by atoms with Gasteiger partial charge in [0.2, 0.25) is 0 Å². The summed E-state index contributed by atoms with van der Waals surface area (Å²) < 4.78 is 9.57. The Balaban J connectivity index is 2.35. The van der Waals surface area contributed by atoms with Crippen LogP contribution in [0.15, 0.2) is 48.5 Å². The van der Waals surface area contributed by atoms with Crippen molar-refractivity contribution in [1.82, 2.24) is 0 Å². The molecule has 0 saturated carbocycles. The standard InChI is InChI=1S/C20H18O8/c1-12-3-7-14(8-4-12)17(23)27-20(19(25)26,11-16(21)22)28-18(24)15-9-5-13(2)6-10-15/h3-10H,11H2,1-2H3,(H,21,22)(H,25,26)/p-2. The van der Waals surface area contributed by atoms with Gasteiger partial charge in [0.15, 0.2) is 0 Å². The Hall–Kier alpha value is -3.68. The van der Waals surface area contributed by atoms with Crippen molar-refractivity contribution in [3.8, 4) is 0 Å². The third-order valence-corrected chi connectivity index (χ3v) is 3.78. The molecule has 0 bridgehead atoms. The summed E-state index contributed by atoms with van der Waals surface area (Å²) in [6.07, 6.45) is -1.44. The normalized spacial score (nSPS) is 10.8. The van der Waals surface area contributed by atoms with Crippen LogP contribution in [0, 0.1) is 13.8 Å². The summed E-state index contributed by atoms with van der Waals surface area (Å²) in [6.45, 7) is 3.53. The lowest BCUT2D eigenvalue weighted by Crippen LogP contribution is -2.57. The Bertz CT molecular complexity index is 837. The molecular formula is C20H16O8-2. The van der Waals surface area contributed by atoms with Crippen molar-refractivity contribution in [2.45, 2.75) is 26.1 Å². The maximum absolute atomic E-state index is 12.3. The Morgan fingerprint density at radius 1 is 0.750 bits per heavy atom. The number of carbonyl (C=O) groups is 4. The molecule has 0 amide bonds. The molecule has 0 atom stereocenters. The fraction of sp³-hybridized carbons (Fsp3) is 0.200. The minimum atomic E-state index is -3.19. The van der Waals surface area contributed by atoms with Gasteiger partial charge in [-0.05, 0) is 38.1 Å². The highest BCUT2D eigenvalue weighted by Crippen LogP contribution is 2.22. The molecule has 0 heterocycles. The summed E-state index contributed by atoms with van der Waals surface area (Å²) in [6, 6.07) is 11.6. The zero-order valence-corrected chi connectivity index (χ0v) is 15.1. The quantitative estimate of drug-likeness (QED) is 0.477. The van der Waals surface area contributed by atoms with Crippen LogP contribution in [0.2, 0.25) is 0 Å². The van der Waals surface area contributed by atoms with Crippen LogP contribution in [0.25, 0.3) is 0 Å². The molecule has 28 heavy (non-hydrogen) atoms. The predicted octanol–water partition coefficient (Wildman–Crippen LogP) is -0.0966. The Labute approximate surface area is 160 Å². The number of ether oxygens (including phenoxy) is 2. The van der Waals surface area contributed by atoms with Crippen LogP contribution < -0.4 is 10.2 Å². The van der Waals surface area contributed by atoms with E-state index in [1.165, 1.54) is 24.3 Å². The number of aliphatic carboxylic acids is 2. The molecule has 0 aliphatic carbocycles. The Morgan fingerprint density at radius 3 is 1.39 bits per heavy atom. The monoisotopic (exact) mass is 384 g/mol. The van der Waals surface area contributed by atoms with Gasteiger partial charge in [0.1, 0.15) is 5.97 Å². The number of aryl methyl sites for hydroxylation is 2. The fourth-order valence-electron chi connectivity index (χ4n) is 2.24. The summed E-state index contributed by atoms with van der Waals surface area (Å²) in [5, 5.41) is 22.7. The minimum absolute atomic E-state index is 0.0686. The van der Waals surface area contributed by atoms with E-state index in [2.05, 4.69) is 0 Å². The summed E-state index contributed by atoms with van der Waals surface area (Å²) in [7, 11) is 0. The van der Waals surface area contributed by atoms with E-state index >= 15 is 0 Å². The first kappa shape index (κ1) is 20.6. The van der Waals surface area contributed by atoms with Gasteiger partial charge in [0, 0.05) is 5.97 Å². The number of benzene rings is 2. The molecule has 0 spiro atoms. The second-order valence-electron chi connectivity index (χ2n) is 6.10. The molecule has 0 radical (unpaired) electrons. The van der Waals surface area contributed by atoms with E-state index in [1.54, 1.807) is 38.1 Å². The van der Waals surface area contributed by atoms with E-state index in [1.807, 2.05) is 0 Å². The molecule has 146 valence electrons. The van der Waals surface area contributed by atoms with Crippen molar-refractivity contribution in [1.29, 1.82) is 0 Å². The lowest BCUT2D eigenvalue weighted by molar-refractivity contribution is -0.353. The Kier molecular flexibility index (Phi) is 6.15. The van der Waals surface area contributed by atoms with Crippen LogP contribution in [0.4, 0.5) is 0 Å². The first-order valence-electron chi connectivity index (χ1n) is 8.14. The maximum atomic E-state index is 12.3. The number of carboxylic acids is 2. The number of hydrogen-bond donors (Lipinski definition) is 0. The third-order valence-electron chi connectivity index (χ3n) is 3.78. The molecule has 0 saturated heterocycles. The number of carbonyl (C=O) groups excluding carboxylic acids is 4. The number of carboxylic acid groups (broad SMARTS) is 2. The zero-order valence-electron chi connectivity index (χ0n) is 15.1. The van der Waals surface area contributed by atoms with Crippen molar-refractivity contribution in [3.63, 3.8) is 0 Å². The van der Waals surface area contributed by atoms with Crippen molar-refractivity contribution in [2.75, 3.05) is 0 Å². The number of hydrogen-bond acceptors (Lipinski definition) is 8. The molecule has 0 aliphatic heterocycles. The molecule has 8 nitrogen and oxygen atoms in total. The highest BCUT2D eigenvalue weighted by Gasteiger charge is 2.42. The average molecular weight is 384 g/mol. The SMILES string of the molecule is Cc1ccc(C(=O)OC(CC(=O)[O-])(OC(=O)c2ccc(C)cc2)C(=O)[O-])cc1. The predicted molar refractivity (Wildman–Crippen MR) is 90.6 cm³/mol. The van der Waals surface area contributed by atoms with E-state index in [0.717, 1.165) is 11.1 Å². The molecule has 0 fully saturated rings. The fourth-order valence-corrected chi connectivity index (χ4v) is 2.24. The van der Waals surface area contributed by atoms with Gasteiger partial charge in [0.05, 0.1) is 17.5 Å². The second kappa shape index (κ2) is 8.34. The molecule has 0 aliphatic rings. The van der Waals surface area contributed by atoms with Crippen LogP contribution in [0.5, 0.6) is 0 Å². The zero-order chi connectivity index (χ0) is 20.9. The molecular weight excluding hydrogens is 368 g/mol. The molecule has 0 aromatic heterocycles. The van der Waals surface area contributed by atoms with E-state index in [4.69, 9.17) is 9.47 Å². The highest BCUT2D eigenvalue weighted by molar-refractivity contribution is 5.95. The van der Waals surface area contributed by atoms with Crippen LogP contribution in [0.3, 0.4) is 0 Å². The van der Waals surface area contributed by atoms with Gasteiger partial charge in [-0.2, -0.15) is 0 Å². The molecule has 8 heteroatoms. The van der Waals surface area contributed by atoms with E-state index in [-0.39, 0.29) is 11.1 Å². The lowest BCUT2D eigenvalue weighted by atomic mass is 10.1.